The predicted molar refractivity (Wildman–Crippen MR) is 80.6 cm³/mol. The zero-order valence-corrected chi connectivity index (χ0v) is 11.8. The zero-order chi connectivity index (χ0) is 14.2. The summed E-state index contributed by atoms with van der Waals surface area (Å²) in [5.74, 6) is -0.509. The van der Waals surface area contributed by atoms with Crippen molar-refractivity contribution in [2.24, 2.45) is 0 Å². The third-order valence-electron chi connectivity index (χ3n) is 3.24. The third-order valence-corrected chi connectivity index (χ3v) is 3.24. The highest BCUT2D eigenvalue weighted by atomic mass is 16.5. The van der Waals surface area contributed by atoms with Crippen LogP contribution in [0.2, 0.25) is 0 Å². The van der Waals surface area contributed by atoms with Crippen LogP contribution in [0.25, 0.3) is 0 Å². The van der Waals surface area contributed by atoms with Crippen LogP contribution < -0.4 is 0 Å². The average molecular weight is 268 g/mol. The van der Waals surface area contributed by atoms with E-state index in [1.54, 1.807) is 0 Å². The molecule has 0 heterocycles. The van der Waals surface area contributed by atoms with Crippen molar-refractivity contribution in [1.29, 1.82) is 0 Å². The molecule has 20 heavy (non-hydrogen) atoms. The van der Waals surface area contributed by atoms with Crippen molar-refractivity contribution in [2.75, 3.05) is 6.61 Å². The van der Waals surface area contributed by atoms with Gasteiger partial charge in [0.1, 0.15) is 5.92 Å². The smallest absolute Gasteiger partial charge is 0.317 e. The maximum Gasteiger partial charge on any atom is 0.317 e. The van der Waals surface area contributed by atoms with Crippen molar-refractivity contribution in [3.63, 3.8) is 0 Å². The van der Waals surface area contributed by atoms with Crippen molar-refractivity contribution in [3.05, 3.63) is 71.8 Å². The van der Waals surface area contributed by atoms with Gasteiger partial charge in [0.25, 0.3) is 0 Å². The minimum atomic E-state index is -0.339. The molecule has 2 rings (SSSR count). The number of unbranched alkanes of at least 4 members (excludes halogenated alkanes) is 1. The molecule has 0 aliphatic heterocycles. The molecule has 0 amide bonds. The Morgan fingerprint density at radius 3 is 1.90 bits per heavy atom. The molecule has 0 saturated heterocycles. The van der Waals surface area contributed by atoms with Gasteiger partial charge in [-0.25, -0.2) is 0 Å². The second kappa shape index (κ2) is 7.49. The molecule has 0 radical (unpaired) electrons. The van der Waals surface area contributed by atoms with Gasteiger partial charge in [0, 0.05) is 0 Å². The number of esters is 1. The van der Waals surface area contributed by atoms with E-state index in [-0.39, 0.29) is 11.9 Å². The molecule has 2 aromatic carbocycles. The first-order valence-electron chi connectivity index (χ1n) is 7.09. The van der Waals surface area contributed by atoms with Crippen LogP contribution in [0.1, 0.15) is 36.8 Å². The van der Waals surface area contributed by atoms with Crippen LogP contribution in [-0.4, -0.2) is 12.6 Å². The SMILES string of the molecule is CCCCOC(=O)C(c1ccccc1)c1ccccc1. The number of carbonyl (C=O) groups excluding carboxylic acids is 1. The summed E-state index contributed by atoms with van der Waals surface area (Å²) in [5, 5.41) is 0. The first-order valence-corrected chi connectivity index (χ1v) is 7.09. The Morgan fingerprint density at radius 1 is 0.950 bits per heavy atom. The van der Waals surface area contributed by atoms with Crippen LogP contribution in [0.5, 0.6) is 0 Å². The number of hydrogen-bond acceptors (Lipinski definition) is 2. The van der Waals surface area contributed by atoms with E-state index in [1.807, 2.05) is 60.7 Å². The summed E-state index contributed by atoms with van der Waals surface area (Å²) in [5.41, 5.74) is 1.94. The highest BCUT2D eigenvalue weighted by molar-refractivity contribution is 5.82. The van der Waals surface area contributed by atoms with E-state index >= 15 is 0 Å². The molecular weight excluding hydrogens is 248 g/mol. The molecule has 0 aromatic heterocycles. The molecule has 0 saturated carbocycles. The minimum absolute atomic E-state index is 0.171. The molecule has 2 heteroatoms. The predicted octanol–water partition coefficient (Wildman–Crippen LogP) is 4.16. The fourth-order valence-corrected chi connectivity index (χ4v) is 2.16. The Kier molecular flexibility index (Phi) is 5.36. The van der Waals surface area contributed by atoms with Crippen molar-refractivity contribution in [2.45, 2.75) is 25.7 Å². The summed E-state index contributed by atoms with van der Waals surface area (Å²) in [4.78, 5) is 12.4. The highest BCUT2D eigenvalue weighted by Crippen LogP contribution is 2.25. The Labute approximate surface area is 120 Å². The molecule has 2 aromatic rings. The normalized spacial score (nSPS) is 10.5. The van der Waals surface area contributed by atoms with Gasteiger partial charge >= 0.3 is 5.97 Å². The van der Waals surface area contributed by atoms with Crippen LogP contribution in [-0.2, 0) is 9.53 Å². The van der Waals surface area contributed by atoms with E-state index in [9.17, 15) is 4.79 Å². The number of ether oxygens (including phenoxy) is 1. The van der Waals surface area contributed by atoms with Crippen LogP contribution in [0.4, 0.5) is 0 Å². The van der Waals surface area contributed by atoms with Gasteiger partial charge in [0.15, 0.2) is 0 Å². The van der Waals surface area contributed by atoms with Crippen LogP contribution in [0.15, 0.2) is 60.7 Å². The molecule has 0 N–H and O–H groups in total. The van der Waals surface area contributed by atoms with Crippen molar-refractivity contribution in [3.8, 4) is 0 Å². The quantitative estimate of drug-likeness (QED) is 0.581. The van der Waals surface area contributed by atoms with Gasteiger partial charge in [0.05, 0.1) is 6.61 Å². The van der Waals surface area contributed by atoms with Crippen LogP contribution in [0.3, 0.4) is 0 Å². The number of carbonyl (C=O) groups is 1. The maximum absolute atomic E-state index is 12.4. The molecule has 0 spiro atoms. The highest BCUT2D eigenvalue weighted by Gasteiger charge is 2.23. The third kappa shape index (κ3) is 3.70. The van der Waals surface area contributed by atoms with Gasteiger partial charge in [-0.3, -0.25) is 4.79 Å². The Hall–Kier alpha value is -2.09. The molecule has 104 valence electrons. The number of benzene rings is 2. The summed E-state index contributed by atoms with van der Waals surface area (Å²) < 4.78 is 5.41. The van der Waals surface area contributed by atoms with E-state index in [4.69, 9.17) is 4.74 Å². The van der Waals surface area contributed by atoms with Gasteiger partial charge < -0.3 is 4.74 Å². The minimum Gasteiger partial charge on any atom is -0.465 e. The monoisotopic (exact) mass is 268 g/mol. The molecule has 2 nitrogen and oxygen atoms in total. The maximum atomic E-state index is 12.4. The van der Waals surface area contributed by atoms with E-state index < -0.39 is 0 Å². The fourth-order valence-electron chi connectivity index (χ4n) is 2.16. The summed E-state index contributed by atoms with van der Waals surface area (Å²) in [6.45, 7) is 2.57. The lowest BCUT2D eigenvalue weighted by Gasteiger charge is -2.17. The molecule has 0 bridgehead atoms. The molecule has 0 unspecified atom stereocenters. The van der Waals surface area contributed by atoms with E-state index in [0.717, 1.165) is 24.0 Å². The Morgan fingerprint density at radius 2 is 1.45 bits per heavy atom. The van der Waals surface area contributed by atoms with Crippen LogP contribution >= 0.6 is 0 Å². The lowest BCUT2D eigenvalue weighted by molar-refractivity contribution is -0.144. The largest absolute Gasteiger partial charge is 0.465 e. The molecular formula is C18H20O2. The molecule has 0 atom stereocenters. The van der Waals surface area contributed by atoms with Crippen molar-refractivity contribution >= 4 is 5.97 Å². The second-order valence-corrected chi connectivity index (χ2v) is 4.78. The standard InChI is InChI=1S/C18H20O2/c1-2-3-14-20-18(19)17(15-10-6-4-7-11-15)16-12-8-5-9-13-16/h4-13,17H,2-3,14H2,1H3. The number of rotatable bonds is 6. The lowest BCUT2D eigenvalue weighted by Crippen LogP contribution is -2.17. The Bertz CT molecular complexity index is 480. The molecule has 0 fully saturated rings. The van der Waals surface area contributed by atoms with E-state index in [1.165, 1.54) is 0 Å². The topological polar surface area (TPSA) is 26.3 Å². The number of hydrogen-bond donors (Lipinski definition) is 0. The van der Waals surface area contributed by atoms with Gasteiger partial charge in [-0.1, -0.05) is 74.0 Å². The Balaban J connectivity index is 2.23. The van der Waals surface area contributed by atoms with E-state index in [2.05, 4.69) is 6.92 Å². The zero-order valence-electron chi connectivity index (χ0n) is 11.8. The first kappa shape index (κ1) is 14.3. The lowest BCUT2D eigenvalue weighted by atomic mass is 9.91. The molecule has 0 aliphatic rings. The summed E-state index contributed by atoms with van der Waals surface area (Å²) in [6, 6.07) is 19.6. The van der Waals surface area contributed by atoms with Crippen LogP contribution in [0, 0.1) is 0 Å². The second-order valence-electron chi connectivity index (χ2n) is 4.78. The fraction of sp³-hybridized carbons (Fsp3) is 0.278. The van der Waals surface area contributed by atoms with Crippen molar-refractivity contribution < 1.29 is 9.53 Å². The van der Waals surface area contributed by atoms with E-state index in [0.29, 0.717) is 6.61 Å². The molecule has 0 aliphatic carbocycles. The van der Waals surface area contributed by atoms with Gasteiger partial charge in [-0.05, 0) is 17.5 Å². The van der Waals surface area contributed by atoms with Gasteiger partial charge in [-0.2, -0.15) is 0 Å². The summed E-state index contributed by atoms with van der Waals surface area (Å²) in [6.07, 6.45) is 1.93. The van der Waals surface area contributed by atoms with Gasteiger partial charge in [0.2, 0.25) is 0 Å². The van der Waals surface area contributed by atoms with Gasteiger partial charge in [-0.15, -0.1) is 0 Å². The average Bonchev–Trinajstić information content (AvgIpc) is 2.50. The first-order chi connectivity index (χ1) is 9.83. The summed E-state index contributed by atoms with van der Waals surface area (Å²) >= 11 is 0. The van der Waals surface area contributed by atoms with Crippen molar-refractivity contribution in [1.82, 2.24) is 0 Å². The summed E-state index contributed by atoms with van der Waals surface area (Å²) in [7, 11) is 0.